The molecule has 0 amide bonds. The third-order valence-electron chi connectivity index (χ3n) is 3.76. The highest BCUT2D eigenvalue weighted by molar-refractivity contribution is 7.67. The van der Waals surface area contributed by atoms with Crippen LogP contribution in [-0.4, -0.2) is 11.3 Å². The molecule has 2 atom stereocenters. The van der Waals surface area contributed by atoms with Gasteiger partial charge in [-0.3, -0.25) is 0 Å². The normalized spacial score (nSPS) is 16.3. The fourth-order valence-corrected chi connectivity index (χ4v) is 6.51. The van der Waals surface area contributed by atoms with Crippen LogP contribution in [0.25, 0.3) is 0 Å². The summed E-state index contributed by atoms with van der Waals surface area (Å²) in [6.07, 6.45) is 5.36. The van der Waals surface area contributed by atoms with Gasteiger partial charge in [0, 0.05) is 0 Å². The minimum atomic E-state index is -0.0108. The van der Waals surface area contributed by atoms with Gasteiger partial charge in [0.05, 0.1) is 0 Å². The second-order valence-corrected chi connectivity index (χ2v) is 8.53. The average molecular weight is 264 g/mol. The topological polar surface area (TPSA) is 0 Å². The maximum atomic E-state index is 2.47. The zero-order valence-electron chi connectivity index (χ0n) is 12.7. The van der Waals surface area contributed by atoms with Crippen molar-refractivity contribution >= 4 is 13.2 Å². The van der Waals surface area contributed by atoms with E-state index in [9.17, 15) is 0 Å². The molecular weight excluding hydrogens is 235 g/mol. The molecule has 0 nitrogen and oxygen atoms in total. The summed E-state index contributed by atoms with van der Waals surface area (Å²) in [6.45, 7) is 11.8. The van der Waals surface area contributed by atoms with Gasteiger partial charge in [-0.15, -0.1) is 0 Å². The van der Waals surface area contributed by atoms with E-state index in [0.717, 1.165) is 11.3 Å². The molecule has 0 N–H and O–H groups in total. The first-order valence-corrected chi connectivity index (χ1v) is 8.93. The van der Waals surface area contributed by atoms with Crippen molar-refractivity contribution in [3.63, 3.8) is 0 Å². The van der Waals surface area contributed by atoms with E-state index in [1.54, 1.807) is 5.30 Å². The van der Waals surface area contributed by atoms with Crippen LogP contribution in [0.3, 0.4) is 0 Å². The monoisotopic (exact) mass is 264 g/mol. The second-order valence-electron chi connectivity index (χ2n) is 5.47. The third kappa shape index (κ3) is 4.09. The molecule has 0 radical (unpaired) electrons. The third-order valence-corrected chi connectivity index (χ3v) is 7.23. The van der Waals surface area contributed by atoms with Crippen molar-refractivity contribution in [2.45, 2.75) is 71.6 Å². The molecule has 0 spiro atoms. The van der Waals surface area contributed by atoms with Crippen molar-refractivity contribution in [3.05, 3.63) is 29.8 Å². The molecule has 18 heavy (non-hydrogen) atoms. The van der Waals surface area contributed by atoms with Crippen molar-refractivity contribution in [1.29, 1.82) is 0 Å². The van der Waals surface area contributed by atoms with Gasteiger partial charge < -0.3 is 0 Å². The molecule has 0 aromatic heterocycles. The van der Waals surface area contributed by atoms with E-state index in [4.69, 9.17) is 0 Å². The van der Waals surface area contributed by atoms with Gasteiger partial charge in [-0.05, 0) is 42.0 Å². The molecule has 0 saturated carbocycles. The molecule has 2 unspecified atom stereocenters. The van der Waals surface area contributed by atoms with E-state index in [1.807, 2.05) is 0 Å². The fourth-order valence-electron chi connectivity index (χ4n) is 2.88. The summed E-state index contributed by atoms with van der Waals surface area (Å²) >= 11 is 0. The molecule has 1 aromatic rings. The standard InChI is InChI=1S/C17H29P/c1-6-10-15(4)18(16(5)11-7-2)17-13-9-8-12-14(17)3/h8-9,12-13,15-16H,6-7,10-11H2,1-5H3. The lowest BCUT2D eigenvalue weighted by molar-refractivity contribution is 0.741. The van der Waals surface area contributed by atoms with Gasteiger partial charge in [0.25, 0.3) is 0 Å². The van der Waals surface area contributed by atoms with E-state index < -0.39 is 0 Å². The van der Waals surface area contributed by atoms with Crippen LogP contribution in [-0.2, 0) is 0 Å². The zero-order chi connectivity index (χ0) is 13.5. The van der Waals surface area contributed by atoms with E-state index in [1.165, 1.54) is 31.2 Å². The zero-order valence-corrected chi connectivity index (χ0v) is 13.6. The Bertz CT molecular complexity index is 333. The molecule has 0 aliphatic carbocycles. The molecule has 1 aromatic carbocycles. The summed E-state index contributed by atoms with van der Waals surface area (Å²) in [4.78, 5) is 0. The van der Waals surface area contributed by atoms with Crippen molar-refractivity contribution in [2.24, 2.45) is 0 Å². The van der Waals surface area contributed by atoms with Crippen molar-refractivity contribution in [2.75, 3.05) is 0 Å². The van der Waals surface area contributed by atoms with Crippen LogP contribution in [0.5, 0.6) is 0 Å². The van der Waals surface area contributed by atoms with Gasteiger partial charge in [0.15, 0.2) is 0 Å². The predicted molar refractivity (Wildman–Crippen MR) is 86.5 cm³/mol. The Morgan fingerprint density at radius 2 is 1.44 bits per heavy atom. The summed E-state index contributed by atoms with van der Waals surface area (Å²) in [5, 5.41) is 1.65. The Morgan fingerprint density at radius 3 is 1.89 bits per heavy atom. The number of hydrogen-bond acceptors (Lipinski definition) is 0. The van der Waals surface area contributed by atoms with Gasteiger partial charge in [-0.25, -0.2) is 0 Å². The minimum Gasteiger partial charge on any atom is -0.0692 e. The Labute approximate surface area is 115 Å². The van der Waals surface area contributed by atoms with Gasteiger partial charge in [-0.1, -0.05) is 72.7 Å². The van der Waals surface area contributed by atoms with Crippen LogP contribution in [0.4, 0.5) is 0 Å². The highest BCUT2D eigenvalue weighted by atomic mass is 31.1. The fraction of sp³-hybridized carbons (Fsp3) is 0.647. The minimum absolute atomic E-state index is 0.0108. The quantitative estimate of drug-likeness (QED) is 0.572. The molecule has 1 heteroatoms. The highest BCUT2D eigenvalue weighted by Gasteiger charge is 2.24. The Kier molecular flexibility index (Phi) is 6.94. The van der Waals surface area contributed by atoms with E-state index in [-0.39, 0.29) is 7.92 Å². The molecule has 102 valence electrons. The van der Waals surface area contributed by atoms with Crippen molar-refractivity contribution in [1.82, 2.24) is 0 Å². The van der Waals surface area contributed by atoms with Crippen LogP contribution >= 0.6 is 7.92 Å². The molecular formula is C17H29P. The van der Waals surface area contributed by atoms with Crippen LogP contribution in [0.15, 0.2) is 24.3 Å². The molecule has 0 heterocycles. The Morgan fingerprint density at radius 1 is 0.944 bits per heavy atom. The predicted octanol–water partition coefficient (Wildman–Crippen LogP) is 5.48. The number of rotatable bonds is 7. The van der Waals surface area contributed by atoms with E-state index in [0.29, 0.717) is 0 Å². The van der Waals surface area contributed by atoms with Crippen LogP contribution in [0.1, 0.15) is 58.9 Å². The maximum Gasteiger partial charge on any atom is -0.0195 e. The lowest BCUT2D eigenvalue weighted by atomic mass is 10.2. The summed E-state index contributed by atoms with van der Waals surface area (Å²) < 4.78 is 0. The van der Waals surface area contributed by atoms with Crippen molar-refractivity contribution < 1.29 is 0 Å². The summed E-state index contributed by atoms with van der Waals surface area (Å²) in [5.41, 5.74) is 3.20. The Balaban J connectivity index is 3.00. The van der Waals surface area contributed by atoms with Crippen LogP contribution in [0.2, 0.25) is 0 Å². The SMILES string of the molecule is CCCC(C)P(c1ccccc1C)C(C)CCC. The maximum absolute atomic E-state index is 2.47. The molecule has 0 fully saturated rings. The average Bonchev–Trinajstić information content (AvgIpc) is 2.33. The molecule has 0 aliphatic rings. The first-order chi connectivity index (χ1) is 8.61. The largest absolute Gasteiger partial charge is 0.0692 e. The van der Waals surface area contributed by atoms with Crippen LogP contribution < -0.4 is 5.30 Å². The molecule has 1 rings (SSSR count). The molecule has 0 saturated heterocycles. The lowest BCUT2D eigenvalue weighted by Gasteiger charge is -2.32. The van der Waals surface area contributed by atoms with Gasteiger partial charge >= 0.3 is 0 Å². The van der Waals surface area contributed by atoms with Crippen molar-refractivity contribution in [3.8, 4) is 0 Å². The first kappa shape index (κ1) is 15.7. The lowest BCUT2D eigenvalue weighted by Crippen LogP contribution is -2.20. The molecule has 0 aliphatic heterocycles. The summed E-state index contributed by atoms with van der Waals surface area (Å²) in [5.74, 6) is 0. The van der Waals surface area contributed by atoms with E-state index in [2.05, 4.69) is 58.9 Å². The summed E-state index contributed by atoms with van der Waals surface area (Å²) in [6, 6.07) is 9.04. The smallest absolute Gasteiger partial charge is 0.0195 e. The van der Waals surface area contributed by atoms with Gasteiger partial charge in [0.1, 0.15) is 0 Å². The Hall–Kier alpha value is -0.350. The second kappa shape index (κ2) is 7.95. The molecule has 0 bridgehead atoms. The number of hydrogen-bond donors (Lipinski definition) is 0. The van der Waals surface area contributed by atoms with Crippen LogP contribution in [0, 0.1) is 6.92 Å². The number of aryl methyl sites for hydroxylation is 1. The van der Waals surface area contributed by atoms with Gasteiger partial charge in [0.2, 0.25) is 0 Å². The highest BCUT2D eigenvalue weighted by Crippen LogP contribution is 2.49. The van der Waals surface area contributed by atoms with E-state index >= 15 is 0 Å². The number of benzene rings is 1. The first-order valence-electron chi connectivity index (χ1n) is 7.45. The summed E-state index contributed by atoms with van der Waals surface area (Å²) in [7, 11) is -0.0108. The van der Waals surface area contributed by atoms with Gasteiger partial charge in [-0.2, -0.15) is 0 Å².